The zero-order chi connectivity index (χ0) is 14.5. The first kappa shape index (κ1) is 15.8. The van der Waals surface area contributed by atoms with Crippen molar-refractivity contribution in [3.05, 3.63) is 0 Å². The smallest absolute Gasteiger partial charge is 0.248 e. The molecule has 2 atom stereocenters. The highest BCUT2D eigenvalue weighted by Gasteiger charge is 2.37. The van der Waals surface area contributed by atoms with Crippen LogP contribution in [0.1, 0.15) is 39.5 Å². The van der Waals surface area contributed by atoms with E-state index in [4.69, 9.17) is 4.74 Å². The van der Waals surface area contributed by atoms with Crippen molar-refractivity contribution in [3.63, 3.8) is 0 Å². The highest BCUT2D eigenvalue weighted by atomic mass is 16.5. The van der Waals surface area contributed by atoms with E-state index in [2.05, 4.69) is 23.6 Å². The van der Waals surface area contributed by atoms with Gasteiger partial charge in [-0.3, -0.25) is 4.79 Å². The second kappa shape index (κ2) is 7.41. The Morgan fingerprint density at radius 2 is 2.10 bits per heavy atom. The summed E-state index contributed by atoms with van der Waals surface area (Å²) in [7, 11) is 1.61. The summed E-state index contributed by atoms with van der Waals surface area (Å²) in [6.45, 7) is 9.28. The molecule has 116 valence electrons. The maximum absolute atomic E-state index is 12.1. The van der Waals surface area contributed by atoms with Crippen LogP contribution < -0.4 is 0 Å². The lowest BCUT2D eigenvalue weighted by Gasteiger charge is -2.47. The topological polar surface area (TPSA) is 32.8 Å². The molecule has 0 radical (unpaired) electrons. The van der Waals surface area contributed by atoms with Crippen molar-refractivity contribution < 1.29 is 9.53 Å². The third-order valence-electron chi connectivity index (χ3n) is 4.76. The van der Waals surface area contributed by atoms with Gasteiger partial charge in [0.05, 0.1) is 0 Å². The van der Waals surface area contributed by atoms with E-state index in [9.17, 15) is 4.79 Å². The Kier molecular flexibility index (Phi) is 5.85. The van der Waals surface area contributed by atoms with Crippen LogP contribution in [0.5, 0.6) is 0 Å². The molecule has 2 aliphatic heterocycles. The second-order valence-corrected chi connectivity index (χ2v) is 6.76. The fourth-order valence-electron chi connectivity index (χ4n) is 3.64. The van der Waals surface area contributed by atoms with Gasteiger partial charge in [0.25, 0.3) is 0 Å². The average molecular weight is 282 g/mol. The largest absolute Gasteiger partial charge is 0.375 e. The summed E-state index contributed by atoms with van der Waals surface area (Å²) in [6, 6.07) is 0.460. The number of likely N-dealkylation sites (tertiary alicyclic amines) is 2. The molecule has 2 saturated heterocycles. The summed E-state index contributed by atoms with van der Waals surface area (Å²) in [5.41, 5.74) is 0. The molecule has 0 aromatic heterocycles. The first-order valence-corrected chi connectivity index (χ1v) is 8.12. The monoisotopic (exact) mass is 282 g/mol. The standard InChI is InChI=1S/C16H30N2O2/c1-13(2)6-9-17-10-7-15-14(11-17)5-4-8-18(15)16(19)12-20-3/h13-15H,4-12H2,1-3H3/t14-,15-/m1/s1. The molecule has 2 rings (SSSR count). The molecule has 4 nitrogen and oxygen atoms in total. The number of piperidine rings is 2. The highest BCUT2D eigenvalue weighted by Crippen LogP contribution is 2.30. The SMILES string of the molecule is COCC(=O)N1CCC[C@@H]2CN(CCC(C)C)CC[C@H]21. The molecule has 4 heteroatoms. The molecule has 2 heterocycles. The van der Waals surface area contributed by atoms with Crippen molar-refractivity contribution in [1.82, 2.24) is 9.80 Å². The minimum absolute atomic E-state index is 0.179. The summed E-state index contributed by atoms with van der Waals surface area (Å²) in [4.78, 5) is 16.8. The van der Waals surface area contributed by atoms with E-state index in [1.807, 2.05) is 0 Å². The molecule has 0 spiro atoms. The van der Waals surface area contributed by atoms with Crippen LogP contribution >= 0.6 is 0 Å². The van der Waals surface area contributed by atoms with Crippen molar-refractivity contribution in [2.24, 2.45) is 11.8 Å². The predicted octanol–water partition coefficient (Wildman–Crippen LogP) is 1.99. The van der Waals surface area contributed by atoms with Gasteiger partial charge >= 0.3 is 0 Å². The zero-order valence-electron chi connectivity index (χ0n) is 13.3. The fraction of sp³-hybridized carbons (Fsp3) is 0.938. The number of hydrogen-bond donors (Lipinski definition) is 0. The van der Waals surface area contributed by atoms with Crippen LogP contribution in [0.4, 0.5) is 0 Å². The Hall–Kier alpha value is -0.610. The third-order valence-corrected chi connectivity index (χ3v) is 4.76. The molecule has 2 fully saturated rings. The zero-order valence-corrected chi connectivity index (χ0v) is 13.3. The molecular weight excluding hydrogens is 252 g/mol. The van der Waals surface area contributed by atoms with E-state index < -0.39 is 0 Å². The first-order valence-electron chi connectivity index (χ1n) is 8.12. The Bertz CT molecular complexity index is 320. The van der Waals surface area contributed by atoms with E-state index in [0.717, 1.165) is 31.8 Å². The number of ether oxygens (including phenoxy) is 1. The van der Waals surface area contributed by atoms with Gasteiger partial charge in [0.15, 0.2) is 0 Å². The number of hydrogen-bond acceptors (Lipinski definition) is 3. The average Bonchev–Trinajstić information content (AvgIpc) is 2.44. The van der Waals surface area contributed by atoms with Crippen molar-refractivity contribution in [2.45, 2.75) is 45.6 Å². The summed E-state index contributed by atoms with van der Waals surface area (Å²) < 4.78 is 5.02. The summed E-state index contributed by atoms with van der Waals surface area (Å²) >= 11 is 0. The van der Waals surface area contributed by atoms with Gasteiger partial charge in [-0.1, -0.05) is 13.8 Å². The van der Waals surface area contributed by atoms with Gasteiger partial charge in [0.1, 0.15) is 6.61 Å². The number of rotatable bonds is 5. The van der Waals surface area contributed by atoms with Gasteiger partial charge in [-0.15, -0.1) is 0 Å². The summed E-state index contributed by atoms with van der Waals surface area (Å²) in [5, 5.41) is 0. The van der Waals surface area contributed by atoms with Gasteiger partial charge in [-0.2, -0.15) is 0 Å². The molecule has 0 saturated carbocycles. The minimum Gasteiger partial charge on any atom is -0.375 e. The molecular formula is C16H30N2O2. The second-order valence-electron chi connectivity index (χ2n) is 6.76. The minimum atomic E-state index is 0.179. The van der Waals surface area contributed by atoms with E-state index in [1.165, 1.54) is 25.9 Å². The van der Waals surface area contributed by atoms with Gasteiger partial charge < -0.3 is 14.5 Å². The van der Waals surface area contributed by atoms with Crippen molar-refractivity contribution in [1.29, 1.82) is 0 Å². The number of carbonyl (C=O) groups is 1. The van der Waals surface area contributed by atoms with Crippen LogP contribution in [-0.2, 0) is 9.53 Å². The molecule has 0 aromatic carbocycles. The van der Waals surface area contributed by atoms with Crippen LogP contribution in [0.2, 0.25) is 0 Å². The normalized spacial score (nSPS) is 27.7. The van der Waals surface area contributed by atoms with Gasteiger partial charge in [-0.05, 0) is 44.1 Å². The lowest BCUT2D eigenvalue weighted by molar-refractivity contribution is -0.142. The molecule has 20 heavy (non-hydrogen) atoms. The third kappa shape index (κ3) is 3.95. The van der Waals surface area contributed by atoms with E-state index in [0.29, 0.717) is 12.0 Å². The van der Waals surface area contributed by atoms with Crippen molar-refractivity contribution >= 4 is 5.91 Å². The van der Waals surface area contributed by atoms with E-state index in [1.54, 1.807) is 7.11 Å². The van der Waals surface area contributed by atoms with Gasteiger partial charge in [0.2, 0.25) is 5.91 Å². The van der Waals surface area contributed by atoms with E-state index >= 15 is 0 Å². The van der Waals surface area contributed by atoms with Crippen LogP contribution in [0.25, 0.3) is 0 Å². The Balaban J connectivity index is 1.88. The fourth-order valence-corrected chi connectivity index (χ4v) is 3.64. The van der Waals surface area contributed by atoms with Crippen LogP contribution in [0.15, 0.2) is 0 Å². The Labute approximate surface area is 123 Å². The molecule has 0 unspecified atom stereocenters. The molecule has 0 aromatic rings. The number of fused-ring (bicyclic) bond motifs is 1. The van der Waals surface area contributed by atoms with E-state index in [-0.39, 0.29) is 12.5 Å². The first-order chi connectivity index (χ1) is 9.61. The number of nitrogens with zero attached hydrogens (tertiary/aromatic N) is 2. The highest BCUT2D eigenvalue weighted by molar-refractivity contribution is 5.78. The van der Waals surface area contributed by atoms with Crippen molar-refractivity contribution in [3.8, 4) is 0 Å². The Morgan fingerprint density at radius 3 is 2.80 bits per heavy atom. The van der Waals surface area contributed by atoms with Crippen LogP contribution in [-0.4, -0.2) is 61.6 Å². The van der Waals surface area contributed by atoms with Crippen LogP contribution in [0, 0.1) is 11.8 Å². The maximum atomic E-state index is 12.1. The maximum Gasteiger partial charge on any atom is 0.248 e. The predicted molar refractivity (Wildman–Crippen MR) is 80.6 cm³/mol. The molecule has 0 N–H and O–H groups in total. The quantitative estimate of drug-likeness (QED) is 0.773. The van der Waals surface area contributed by atoms with Gasteiger partial charge in [0, 0.05) is 32.8 Å². The van der Waals surface area contributed by atoms with Crippen LogP contribution in [0.3, 0.4) is 0 Å². The Morgan fingerprint density at radius 1 is 1.30 bits per heavy atom. The number of carbonyl (C=O) groups excluding carboxylic acids is 1. The van der Waals surface area contributed by atoms with Crippen molar-refractivity contribution in [2.75, 3.05) is 39.9 Å². The molecule has 0 bridgehead atoms. The molecule has 0 aliphatic carbocycles. The lowest BCUT2D eigenvalue weighted by Crippen LogP contribution is -2.56. The molecule has 1 amide bonds. The number of amides is 1. The molecule has 2 aliphatic rings. The summed E-state index contributed by atoms with van der Waals surface area (Å²) in [6.07, 6.45) is 4.84. The number of methoxy groups -OCH3 is 1. The lowest BCUT2D eigenvalue weighted by atomic mass is 9.83. The summed E-state index contributed by atoms with van der Waals surface area (Å²) in [5.74, 6) is 1.63. The van der Waals surface area contributed by atoms with Gasteiger partial charge in [-0.25, -0.2) is 0 Å².